The second-order valence-corrected chi connectivity index (χ2v) is 14.2. The first-order valence-corrected chi connectivity index (χ1v) is 17.5. The average Bonchev–Trinajstić information content (AvgIpc) is 3.05. The van der Waals surface area contributed by atoms with E-state index in [1.807, 2.05) is 27.7 Å². The summed E-state index contributed by atoms with van der Waals surface area (Å²) in [6.45, 7) is 10.5. The third-order valence-electron chi connectivity index (χ3n) is 8.63. The van der Waals surface area contributed by atoms with Crippen LogP contribution in [0.1, 0.15) is 78.7 Å². The molecule has 1 aromatic carbocycles. The molecule has 1 aromatic rings. The molecule has 1 fully saturated rings. The molecule has 284 valence electrons. The van der Waals surface area contributed by atoms with Gasteiger partial charge in [0.05, 0.1) is 13.5 Å². The van der Waals surface area contributed by atoms with E-state index in [1.165, 1.54) is 6.92 Å². The highest BCUT2D eigenvalue weighted by molar-refractivity contribution is 5.85. The highest BCUT2D eigenvalue weighted by Crippen LogP contribution is 2.34. The van der Waals surface area contributed by atoms with E-state index < -0.39 is 47.4 Å². The number of carbonyl (C=O) groups excluding carboxylic acids is 4. The van der Waals surface area contributed by atoms with Crippen LogP contribution < -0.4 is 26.0 Å². The molecule has 1 heterocycles. The van der Waals surface area contributed by atoms with E-state index in [0.29, 0.717) is 38.3 Å². The van der Waals surface area contributed by atoms with Crippen LogP contribution in [0, 0.1) is 10.8 Å². The Kier molecular flexibility index (Phi) is 18.1. The van der Waals surface area contributed by atoms with Gasteiger partial charge in [0, 0.05) is 57.7 Å². The van der Waals surface area contributed by atoms with Crippen molar-refractivity contribution < 1.29 is 48.3 Å². The minimum absolute atomic E-state index is 0.0736. The van der Waals surface area contributed by atoms with Crippen molar-refractivity contribution in [2.24, 2.45) is 10.8 Å². The van der Waals surface area contributed by atoms with Crippen LogP contribution in [-0.4, -0.2) is 112 Å². The van der Waals surface area contributed by atoms with E-state index in [9.17, 15) is 29.4 Å². The molecule has 4 amide bonds. The first-order chi connectivity index (χ1) is 23.6. The zero-order valence-electron chi connectivity index (χ0n) is 30.8. The predicted molar refractivity (Wildman–Crippen MR) is 187 cm³/mol. The summed E-state index contributed by atoms with van der Waals surface area (Å²) in [5.41, 5.74) is -0.699. The van der Waals surface area contributed by atoms with Gasteiger partial charge in [0.2, 0.25) is 23.6 Å². The van der Waals surface area contributed by atoms with Crippen LogP contribution in [0.15, 0.2) is 24.3 Å². The lowest BCUT2D eigenvalue weighted by atomic mass is 9.74. The van der Waals surface area contributed by atoms with Gasteiger partial charge in [-0.25, -0.2) is 0 Å². The number of rotatable bonds is 22. The molecule has 1 aliphatic heterocycles. The Bertz CT molecular complexity index is 1230. The zero-order chi connectivity index (χ0) is 37.3. The third kappa shape index (κ3) is 14.5. The lowest BCUT2D eigenvalue weighted by Crippen LogP contribution is -2.65. The molecule has 14 nitrogen and oxygen atoms in total. The van der Waals surface area contributed by atoms with E-state index in [0.717, 1.165) is 31.2 Å². The fourth-order valence-corrected chi connectivity index (χ4v) is 6.02. The number of amides is 4. The highest BCUT2D eigenvalue weighted by Gasteiger charge is 2.45. The quantitative estimate of drug-likeness (QED) is 0.0964. The first-order valence-electron chi connectivity index (χ1n) is 17.5. The molecule has 0 bridgehead atoms. The molecule has 1 aliphatic rings. The number of ether oxygens (including phenoxy) is 4. The first kappa shape index (κ1) is 42.9. The van der Waals surface area contributed by atoms with Gasteiger partial charge in [0.15, 0.2) is 6.29 Å². The van der Waals surface area contributed by atoms with Crippen molar-refractivity contribution in [3.8, 4) is 5.75 Å². The van der Waals surface area contributed by atoms with Crippen LogP contribution in [0.4, 0.5) is 0 Å². The van der Waals surface area contributed by atoms with Crippen LogP contribution in [-0.2, 0) is 39.8 Å². The number of carbonyl (C=O) groups is 4. The minimum atomic E-state index is -1.38. The largest absolute Gasteiger partial charge is 0.497 e. The Morgan fingerprint density at radius 3 is 2.10 bits per heavy atom. The van der Waals surface area contributed by atoms with Gasteiger partial charge in [-0.3, -0.25) is 19.2 Å². The van der Waals surface area contributed by atoms with Gasteiger partial charge in [-0.05, 0) is 43.4 Å². The molecule has 1 saturated heterocycles. The van der Waals surface area contributed by atoms with E-state index in [-0.39, 0.29) is 37.3 Å². The lowest BCUT2D eigenvalue weighted by Gasteiger charge is -2.42. The minimum Gasteiger partial charge on any atom is -0.497 e. The van der Waals surface area contributed by atoms with Crippen LogP contribution >= 0.6 is 0 Å². The molecular weight excluding hydrogens is 648 g/mol. The van der Waals surface area contributed by atoms with Crippen molar-refractivity contribution in [3.63, 3.8) is 0 Å². The van der Waals surface area contributed by atoms with Gasteiger partial charge in [-0.1, -0.05) is 52.7 Å². The number of nitrogens with one attached hydrogen (secondary N) is 4. The maximum absolute atomic E-state index is 13.0. The van der Waals surface area contributed by atoms with Crippen LogP contribution in [0.3, 0.4) is 0 Å². The van der Waals surface area contributed by atoms with Crippen LogP contribution in [0.25, 0.3) is 0 Å². The number of hydrogen-bond acceptors (Lipinski definition) is 10. The number of aliphatic hydroxyl groups is 2. The third-order valence-corrected chi connectivity index (χ3v) is 8.63. The molecule has 0 spiro atoms. The van der Waals surface area contributed by atoms with E-state index >= 15 is 0 Å². The summed E-state index contributed by atoms with van der Waals surface area (Å²) in [7, 11) is 3.16. The number of benzene rings is 1. The molecule has 0 saturated carbocycles. The Labute approximate surface area is 296 Å². The molecule has 0 aromatic heterocycles. The Morgan fingerprint density at radius 1 is 0.840 bits per heavy atom. The molecule has 0 aliphatic carbocycles. The molecule has 5 atom stereocenters. The topological polar surface area (TPSA) is 194 Å². The van der Waals surface area contributed by atoms with Gasteiger partial charge in [0.1, 0.15) is 30.1 Å². The number of unbranched alkanes of at least 4 members (excludes halogenated alkanes) is 3. The molecule has 50 heavy (non-hydrogen) atoms. The van der Waals surface area contributed by atoms with Gasteiger partial charge >= 0.3 is 0 Å². The molecule has 6 N–H and O–H groups in total. The zero-order valence-corrected chi connectivity index (χ0v) is 30.8. The van der Waals surface area contributed by atoms with Crippen molar-refractivity contribution in [2.75, 3.05) is 47.1 Å². The standard InChI is InChI=1S/C36H60N4O10/c1-24(41)40-29-31(44)30(43)27(22-39-28(42)21-25-14-12-15-26(20-25)48-7)50-32(29)49-19-11-9-8-10-16-37-33(45)35(2,3)23-36(4,5)34(46)38-17-13-18-47-6/h12,14-15,20,27,29-32,43-44H,8-11,13,16-19,21-23H2,1-7H3,(H,37,45)(H,38,46)(H,39,42)(H,40,41). The number of hydrogen-bond donors (Lipinski definition) is 6. The van der Waals surface area contributed by atoms with Crippen molar-refractivity contribution in [2.45, 2.75) is 110 Å². The van der Waals surface area contributed by atoms with Crippen LogP contribution in [0.5, 0.6) is 5.75 Å². The maximum Gasteiger partial charge on any atom is 0.225 e. The maximum atomic E-state index is 13.0. The van der Waals surface area contributed by atoms with Crippen molar-refractivity contribution >= 4 is 23.6 Å². The Balaban J connectivity index is 1.76. The summed E-state index contributed by atoms with van der Waals surface area (Å²) in [5, 5.41) is 32.8. The number of methoxy groups -OCH3 is 2. The van der Waals surface area contributed by atoms with Gasteiger partial charge in [-0.2, -0.15) is 0 Å². The second kappa shape index (κ2) is 21.2. The summed E-state index contributed by atoms with van der Waals surface area (Å²) < 4.78 is 22.1. The predicted octanol–water partition coefficient (Wildman–Crippen LogP) is 1.59. The van der Waals surface area contributed by atoms with E-state index in [2.05, 4.69) is 21.3 Å². The smallest absolute Gasteiger partial charge is 0.225 e. The normalized spacial score (nSPS) is 20.9. The summed E-state index contributed by atoms with van der Waals surface area (Å²) in [5.74, 6) is -0.282. The van der Waals surface area contributed by atoms with Crippen molar-refractivity contribution in [3.05, 3.63) is 29.8 Å². The van der Waals surface area contributed by atoms with Crippen molar-refractivity contribution in [1.82, 2.24) is 21.3 Å². The van der Waals surface area contributed by atoms with Gasteiger partial charge in [-0.15, -0.1) is 0 Å². The second-order valence-electron chi connectivity index (χ2n) is 14.2. The lowest BCUT2D eigenvalue weighted by molar-refractivity contribution is -0.263. The van der Waals surface area contributed by atoms with Crippen molar-refractivity contribution in [1.29, 1.82) is 0 Å². The molecule has 0 radical (unpaired) electrons. The fraction of sp³-hybridized carbons (Fsp3) is 0.722. The number of aliphatic hydroxyl groups excluding tert-OH is 2. The average molecular weight is 709 g/mol. The van der Waals surface area contributed by atoms with Gasteiger partial charge < -0.3 is 50.4 Å². The van der Waals surface area contributed by atoms with Gasteiger partial charge in [0.25, 0.3) is 0 Å². The SMILES string of the molecule is COCCCNC(=O)C(C)(C)CC(C)(C)C(=O)NCCCCCCOC1OC(CNC(=O)Cc2cccc(OC)c2)C(O)C(O)C1NC(C)=O. The summed E-state index contributed by atoms with van der Waals surface area (Å²) in [6.07, 6.45) is -0.547. The van der Waals surface area contributed by atoms with Crippen LogP contribution in [0.2, 0.25) is 0 Å². The fourth-order valence-electron chi connectivity index (χ4n) is 6.02. The monoisotopic (exact) mass is 708 g/mol. The van der Waals surface area contributed by atoms with E-state index in [4.69, 9.17) is 18.9 Å². The van der Waals surface area contributed by atoms with E-state index in [1.54, 1.807) is 38.5 Å². The Morgan fingerprint density at radius 2 is 1.48 bits per heavy atom. The summed E-state index contributed by atoms with van der Waals surface area (Å²) in [6, 6.07) is 6.12. The summed E-state index contributed by atoms with van der Waals surface area (Å²) in [4.78, 5) is 50.1. The summed E-state index contributed by atoms with van der Waals surface area (Å²) >= 11 is 0. The molecular formula is C36H60N4O10. The Hall–Kier alpha value is -3.30. The molecule has 5 unspecified atom stereocenters. The highest BCUT2D eigenvalue weighted by atomic mass is 16.7. The molecule has 14 heteroatoms. The molecule has 2 rings (SSSR count).